The third-order valence-electron chi connectivity index (χ3n) is 3.71. The number of nitrogens with zero attached hydrogens (tertiary/aromatic N) is 2. The molecule has 0 spiro atoms. The molecule has 8 nitrogen and oxygen atoms in total. The second kappa shape index (κ2) is 8.61. The Bertz CT molecular complexity index is 798. The highest BCUT2D eigenvalue weighted by Gasteiger charge is 2.26. The van der Waals surface area contributed by atoms with E-state index in [0.717, 1.165) is 5.76 Å². The number of aliphatic carboxylic acids is 1. The molecule has 1 atom stereocenters. The van der Waals surface area contributed by atoms with E-state index in [2.05, 4.69) is 10.3 Å². The number of aryl methyl sites for hydroxylation is 1. The van der Waals surface area contributed by atoms with Crippen molar-refractivity contribution in [3.05, 3.63) is 29.0 Å². The minimum absolute atomic E-state index is 0.0200. The van der Waals surface area contributed by atoms with Crippen LogP contribution in [0.3, 0.4) is 0 Å². The van der Waals surface area contributed by atoms with Crippen LogP contribution in [-0.4, -0.2) is 51.9 Å². The summed E-state index contributed by atoms with van der Waals surface area (Å²) in [5.74, 6) is -0.304. The van der Waals surface area contributed by atoms with Gasteiger partial charge < -0.3 is 19.7 Å². The summed E-state index contributed by atoms with van der Waals surface area (Å²) in [6.45, 7) is 4.93. The summed E-state index contributed by atoms with van der Waals surface area (Å²) < 4.78 is 5.52. The monoisotopic (exact) mass is 379 g/mol. The van der Waals surface area contributed by atoms with E-state index < -0.39 is 12.0 Å². The normalized spacial score (nSPS) is 11.8. The molecule has 0 aliphatic rings. The van der Waals surface area contributed by atoms with Crippen LogP contribution in [0.5, 0.6) is 0 Å². The van der Waals surface area contributed by atoms with Gasteiger partial charge in [0, 0.05) is 25.4 Å². The van der Waals surface area contributed by atoms with Crippen LogP contribution < -0.4 is 5.32 Å². The fourth-order valence-electron chi connectivity index (χ4n) is 2.33. The number of thiazole rings is 1. The number of nitrogens with one attached hydrogen (secondary N) is 1. The lowest BCUT2D eigenvalue weighted by molar-refractivity contribution is -0.149. The van der Waals surface area contributed by atoms with Crippen LogP contribution in [0.1, 0.15) is 25.3 Å². The van der Waals surface area contributed by atoms with Crippen molar-refractivity contribution in [2.75, 3.05) is 13.1 Å². The van der Waals surface area contributed by atoms with Gasteiger partial charge in [-0.2, -0.15) is 0 Å². The van der Waals surface area contributed by atoms with Crippen molar-refractivity contribution in [3.8, 4) is 10.8 Å². The second-order valence-electron chi connectivity index (χ2n) is 5.82. The topological polar surface area (TPSA) is 113 Å². The number of rotatable bonds is 8. The van der Waals surface area contributed by atoms with Gasteiger partial charge in [-0.25, -0.2) is 9.78 Å². The summed E-state index contributed by atoms with van der Waals surface area (Å²) in [4.78, 5) is 40.5. The van der Waals surface area contributed by atoms with Crippen molar-refractivity contribution in [2.24, 2.45) is 0 Å². The van der Waals surface area contributed by atoms with Crippen LogP contribution in [0.2, 0.25) is 0 Å². The van der Waals surface area contributed by atoms with E-state index in [-0.39, 0.29) is 31.3 Å². The fraction of sp³-hybridized carbons (Fsp3) is 0.412. The molecule has 1 unspecified atom stereocenters. The Morgan fingerprint density at radius 3 is 2.69 bits per heavy atom. The summed E-state index contributed by atoms with van der Waals surface area (Å²) in [5, 5.41) is 14.2. The standard InChI is InChI=1S/C17H21N3O5S/c1-10-4-5-14(25-10)16-19-13(9-26-16)8-15(22)20(11(2)17(23)24)7-6-18-12(3)21/h4-5,9,11H,6-8H2,1-3H3,(H,18,21)(H,23,24). The zero-order valence-corrected chi connectivity index (χ0v) is 15.6. The van der Waals surface area contributed by atoms with E-state index in [1.54, 1.807) is 5.38 Å². The Kier molecular flexibility index (Phi) is 6.51. The molecule has 0 radical (unpaired) electrons. The molecule has 2 aromatic heterocycles. The van der Waals surface area contributed by atoms with Gasteiger partial charge in [-0.1, -0.05) is 0 Å². The summed E-state index contributed by atoms with van der Waals surface area (Å²) in [5.41, 5.74) is 0.547. The first-order valence-corrected chi connectivity index (χ1v) is 8.93. The van der Waals surface area contributed by atoms with Gasteiger partial charge in [0.25, 0.3) is 0 Å². The maximum atomic E-state index is 12.6. The van der Waals surface area contributed by atoms with Gasteiger partial charge in [0.1, 0.15) is 11.8 Å². The molecule has 140 valence electrons. The zero-order valence-electron chi connectivity index (χ0n) is 14.8. The largest absolute Gasteiger partial charge is 0.480 e. The molecule has 0 aliphatic heterocycles. The molecule has 2 amide bonds. The van der Waals surface area contributed by atoms with Crippen molar-refractivity contribution in [2.45, 2.75) is 33.2 Å². The molecule has 9 heteroatoms. The van der Waals surface area contributed by atoms with Gasteiger partial charge in [-0.05, 0) is 26.0 Å². The molecule has 0 saturated carbocycles. The summed E-state index contributed by atoms with van der Waals surface area (Å²) in [7, 11) is 0. The first kappa shape index (κ1) is 19.6. The molecule has 0 aliphatic carbocycles. The highest BCUT2D eigenvalue weighted by molar-refractivity contribution is 7.13. The number of furan rings is 1. The number of carboxylic acids is 1. The molecule has 0 fully saturated rings. The molecular weight excluding hydrogens is 358 g/mol. The molecule has 0 bridgehead atoms. The predicted octanol–water partition coefficient (Wildman–Crippen LogP) is 1.69. The molecule has 26 heavy (non-hydrogen) atoms. The van der Waals surface area contributed by atoms with Crippen molar-refractivity contribution >= 4 is 29.1 Å². The molecule has 0 aromatic carbocycles. The fourth-order valence-corrected chi connectivity index (χ4v) is 3.11. The highest BCUT2D eigenvalue weighted by Crippen LogP contribution is 2.25. The molecule has 2 N–H and O–H groups in total. The first-order valence-electron chi connectivity index (χ1n) is 8.06. The Balaban J connectivity index is 2.06. The van der Waals surface area contributed by atoms with Gasteiger partial charge in [-0.15, -0.1) is 11.3 Å². The van der Waals surface area contributed by atoms with E-state index in [1.807, 2.05) is 19.1 Å². The molecule has 2 heterocycles. The number of hydrogen-bond acceptors (Lipinski definition) is 6. The van der Waals surface area contributed by atoms with Crippen molar-refractivity contribution in [1.29, 1.82) is 0 Å². The average Bonchev–Trinajstić information content (AvgIpc) is 3.19. The van der Waals surface area contributed by atoms with Gasteiger partial charge >= 0.3 is 5.97 Å². The lowest BCUT2D eigenvalue weighted by Crippen LogP contribution is -2.47. The minimum atomic E-state index is -1.11. The smallest absolute Gasteiger partial charge is 0.326 e. The Morgan fingerprint density at radius 2 is 2.12 bits per heavy atom. The quantitative estimate of drug-likeness (QED) is 0.722. The van der Waals surface area contributed by atoms with Gasteiger partial charge in [0.15, 0.2) is 10.8 Å². The molecule has 0 saturated heterocycles. The summed E-state index contributed by atoms with van der Waals surface area (Å²) >= 11 is 1.36. The zero-order chi connectivity index (χ0) is 19.3. The molecule has 2 rings (SSSR count). The lowest BCUT2D eigenvalue weighted by Gasteiger charge is -2.26. The van der Waals surface area contributed by atoms with E-state index >= 15 is 0 Å². The van der Waals surface area contributed by atoms with Crippen LogP contribution in [0.25, 0.3) is 10.8 Å². The number of hydrogen-bond donors (Lipinski definition) is 2. The number of aromatic nitrogens is 1. The van der Waals surface area contributed by atoms with E-state index in [0.29, 0.717) is 16.5 Å². The maximum Gasteiger partial charge on any atom is 0.326 e. The average molecular weight is 379 g/mol. The van der Waals surface area contributed by atoms with Crippen LogP contribution in [0.4, 0.5) is 0 Å². The summed E-state index contributed by atoms with van der Waals surface area (Å²) in [6, 6.07) is 2.65. The van der Waals surface area contributed by atoms with Crippen LogP contribution in [-0.2, 0) is 20.8 Å². The van der Waals surface area contributed by atoms with Crippen LogP contribution in [0.15, 0.2) is 21.9 Å². The van der Waals surface area contributed by atoms with Crippen LogP contribution in [0, 0.1) is 6.92 Å². The predicted molar refractivity (Wildman–Crippen MR) is 95.8 cm³/mol. The van der Waals surface area contributed by atoms with E-state index in [4.69, 9.17) is 4.42 Å². The van der Waals surface area contributed by atoms with Gasteiger partial charge in [0.2, 0.25) is 11.8 Å². The van der Waals surface area contributed by atoms with E-state index in [9.17, 15) is 19.5 Å². The Morgan fingerprint density at radius 1 is 1.38 bits per heavy atom. The van der Waals surface area contributed by atoms with Crippen LogP contribution >= 0.6 is 11.3 Å². The number of carbonyl (C=O) groups excluding carboxylic acids is 2. The third-order valence-corrected chi connectivity index (χ3v) is 4.61. The molecular formula is C17H21N3O5S. The first-order chi connectivity index (χ1) is 12.3. The van der Waals surface area contributed by atoms with E-state index in [1.165, 1.54) is 30.1 Å². The lowest BCUT2D eigenvalue weighted by atomic mass is 10.2. The number of carbonyl (C=O) groups is 3. The minimum Gasteiger partial charge on any atom is -0.480 e. The molecule has 2 aromatic rings. The van der Waals surface area contributed by atoms with Crippen molar-refractivity contribution in [3.63, 3.8) is 0 Å². The van der Waals surface area contributed by atoms with Crippen molar-refractivity contribution < 1.29 is 23.9 Å². The SMILES string of the molecule is CC(=O)NCCN(C(=O)Cc1csc(-c2ccc(C)o2)n1)C(C)C(=O)O. The van der Waals surface area contributed by atoms with Gasteiger partial charge in [0.05, 0.1) is 12.1 Å². The third kappa shape index (κ3) is 5.16. The Labute approximate surface area is 154 Å². The number of amides is 2. The Hall–Kier alpha value is -2.68. The maximum absolute atomic E-state index is 12.6. The van der Waals surface area contributed by atoms with Gasteiger partial charge in [-0.3, -0.25) is 9.59 Å². The van der Waals surface area contributed by atoms with Crippen molar-refractivity contribution in [1.82, 2.24) is 15.2 Å². The summed E-state index contributed by atoms with van der Waals surface area (Å²) in [6.07, 6.45) is -0.0200. The second-order valence-corrected chi connectivity index (χ2v) is 6.67. The highest BCUT2D eigenvalue weighted by atomic mass is 32.1. The number of carboxylic acid groups (broad SMARTS) is 1.